The van der Waals surface area contributed by atoms with Crippen LogP contribution in [0.15, 0.2) is 36.9 Å². The van der Waals surface area contributed by atoms with Crippen LogP contribution in [0.5, 0.6) is 0 Å². The molecule has 2 heterocycles. The molecule has 0 bridgehead atoms. The van der Waals surface area contributed by atoms with Crippen LogP contribution in [-0.2, 0) is 10.0 Å². The molecule has 9 nitrogen and oxygen atoms in total. The summed E-state index contributed by atoms with van der Waals surface area (Å²) >= 11 is 0. The van der Waals surface area contributed by atoms with Crippen molar-refractivity contribution in [2.75, 3.05) is 37.8 Å². The zero-order valence-corrected chi connectivity index (χ0v) is 14.0. The van der Waals surface area contributed by atoms with Gasteiger partial charge in [-0.15, -0.1) is 0 Å². The number of carbonyl (C=O) groups is 1. The van der Waals surface area contributed by atoms with Gasteiger partial charge in [0.05, 0.1) is 11.9 Å². The number of urea groups is 1. The first-order valence-corrected chi connectivity index (χ1v) is 9.24. The minimum Gasteiger partial charge on any atom is -0.322 e. The Morgan fingerprint density at radius 1 is 1.21 bits per heavy atom. The standard InChI is InChI=1S/C14H18N6O3S/c1-24(22,23)19-7-5-18(6-8-19)14(21)17-12-3-2-4-13(9-12)20-11-15-10-16-20/h2-4,9-11H,5-8H2,1H3,(H,17,21). The highest BCUT2D eigenvalue weighted by Gasteiger charge is 2.26. The lowest BCUT2D eigenvalue weighted by Crippen LogP contribution is -2.51. The fourth-order valence-corrected chi connectivity index (χ4v) is 3.32. The van der Waals surface area contributed by atoms with Crippen LogP contribution in [0.2, 0.25) is 0 Å². The number of rotatable bonds is 3. The lowest BCUT2D eigenvalue weighted by atomic mass is 10.3. The van der Waals surface area contributed by atoms with E-state index in [1.54, 1.807) is 28.0 Å². The third-order valence-corrected chi connectivity index (χ3v) is 5.08. The van der Waals surface area contributed by atoms with Gasteiger partial charge in [-0.2, -0.15) is 9.40 Å². The van der Waals surface area contributed by atoms with Gasteiger partial charge < -0.3 is 10.2 Å². The number of hydrogen-bond acceptors (Lipinski definition) is 5. The topological polar surface area (TPSA) is 100 Å². The molecule has 0 spiro atoms. The van der Waals surface area contributed by atoms with Crippen molar-refractivity contribution in [2.24, 2.45) is 0 Å². The molecule has 1 saturated heterocycles. The fourth-order valence-electron chi connectivity index (χ4n) is 2.49. The largest absolute Gasteiger partial charge is 0.322 e. The summed E-state index contributed by atoms with van der Waals surface area (Å²) in [4.78, 5) is 17.8. The van der Waals surface area contributed by atoms with Crippen molar-refractivity contribution < 1.29 is 13.2 Å². The maximum Gasteiger partial charge on any atom is 0.321 e. The van der Waals surface area contributed by atoms with Gasteiger partial charge >= 0.3 is 6.03 Å². The minimum atomic E-state index is -3.21. The average Bonchev–Trinajstić information content (AvgIpc) is 3.09. The number of amides is 2. The molecule has 0 atom stereocenters. The van der Waals surface area contributed by atoms with Gasteiger partial charge in [0.25, 0.3) is 0 Å². The quantitative estimate of drug-likeness (QED) is 0.862. The second-order valence-corrected chi connectivity index (χ2v) is 7.45. The molecule has 0 aliphatic carbocycles. The number of hydrogen-bond donors (Lipinski definition) is 1. The molecule has 0 radical (unpaired) electrons. The van der Waals surface area contributed by atoms with Crippen molar-refractivity contribution in [3.8, 4) is 5.69 Å². The zero-order valence-electron chi connectivity index (χ0n) is 13.2. The molecule has 0 unspecified atom stereocenters. The first-order chi connectivity index (χ1) is 11.4. The highest BCUT2D eigenvalue weighted by atomic mass is 32.2. The van der Waals surface area contributed by atoms with Crippen molar-refractivity contribution in [3.63, 3.8) is 0 Å². The van der Waals surface area contributed by atoms with Gasteiger partial charge in [-0.05, 0) is 18.2 Å². The van der Waals surface area contributed by atoms with Crippen LogP contribution in [0, 0.1) is 0 Å². The molecule has 1 aliphatic heterocycles. The SMILES string of the molecule is CS(=O)(=O)N1CCN(C(=O)Nc2cccc(-n3cncn3)c2)CC1. The van der Waals surface area contributed by atoms with Gasteiger partial charge in [-0.25, -0.2) is 22.9 Å². The molecular weight excluding hydrogens is 332 g/mol. The summed E-state index contributed by atoms with van der Waals surface area (Å²) in [5, 5.41) is 6.87. The molecule has 1 fully saturated rings. The Bertz CT molecular complexity index is 813. The van der Waals surface area contributed by atoms with Gasteiger partial charge in [-0.1, -0.05) is 6.07 Å². The maximum atomic E-state index is 12.3. The number of nitrogens with zero attached hydrogens (tertiary/aromatic N) is 5. The lowest BCUT2D eigenvalue weighted by Gasteiger charge is -2.33. The molecule has 3 rings (SSSR count). The van der Waals surface area contributed by atoms with Crippen molar-refractivity contribution in [1.29, 1.82) is 0 Å². The third-order valence-electron chi connectivity index (χ3n) is 3.78. The van der Waals surface area contributed by atoms with Crippen molar-refractivity contribution in [3.05, 3.63) is 36.9 Å². The molecular formula is C14H18N6O3S. The van der Waals surface area contributed by atoms with E-state index >= 15 is 0 Å². The summed E-state index contributed by atoms with van der Waals surface area (Å²) in [6.45, 7) is 1.35. The maximum absolute atomic E-state index is 12.3. The number of nitrogens with one attached hydrogen (secondary N) is 1. The molecule has 1 aliphatic rings. The van der Waals surface area contributed by atoms with Crippen molar-refractivity contribution >= 4 is 21.7 Å². The Hall–Kier alpha value is -2.46. The highest BCUT2D eigenvalue weighted by Crippen LogP contribution is 2.15. The first-order valence-electron chi connectivity index (χ1n) is 7.39. The van der Waals surface area contributed by atoms with Crippen LogP contribution in [0.1, 0.15) is 0 Å². The second kappa shape index (κ2) is 6.57. The van der Waals surface area contributed by atoms with Crippen LogP contribution < -0.4 is 5.32 Å². The molecule has 128 valence electrons. The van der Waals surface area contributed by atoms with Crippen molar-refractivity contribution in [2.45, 2.75) is 0 Å². The number of anilines is 1. The minimum absolute atomic E-state index is 0.251. The Morgan fingerprint density at radius 3 is 2.58 bits per heavy atom. The average molecular weight is 350 g/mol. The molecule has 2 aromatic rings. The Morgan fingerprint density at radius 2 is 1.96 bits per heavy atom. The molecule has 1 aromatic carbocycles. The van der Waals surface area contributed by atoms with E-state index in [4.69, 9.17) is 0 Å². The van der Waals surface area contributed by atoms with E-state index in [1.165, 1.54) is 16.9 Å². The highest BCUT2D eigenvalue weighted by molar-refractivity contribution is 7.88. The monoisotopic (exact) mass is 350 g/mol. The molecule has 1 N–H and O–H groups in total. The molecule has 1 aromatic heterocycles. The van der Waals surface area contributed by atoms with Gasteiger partial charge in [0, 0.05) is 31.9 Å². The van der Waals surface area contributed by atoms with E-state index in [9.17, 15) is 13.2 Å². The first kappa shape index (κ1) is 16.4. The number of sulfonamides is 1. The normalized spacial score (nSPS) is 16.1. The summed E-state index contributed by atoms with van der Waals surface area (Å²) in [6.07, 6.45) is 4.19. The van der Waals surface area contributed by atoms with Crippen LogP contribution in [0.3, 0.4) is 0 Å². The second-order valence-electron chi connectivity index (χ2n) is 5.47. The molecule has 24 heavy (non-hydrogen) atoms. The van der Waals surface area contributed by atoms with Crippen molar-refractivity contribution in [1.82, 2.24) is 24.0 Å². The predicted octanol–water partition coefficient (Wildman–Crippen LogP) is 0.376. The van der Waals surface area contributed by atoms with E-state index in [-0.39, 0.29) is 6.03 Å². The third kappa shape index (κ3) is 3.71. The van der Waals surface area contributed by atoms with Crippen LogP contribution >= 0.6 is 0 Å². The lowest BCUT2D eigenvalue weighted by molar-refractivity contribution is 0.184. The molecule has 10 heteroatoms. The zero-order chi connectivity index (χ0) is 17.2. The van der Waals surface area contributed by atoms with E-state index in [0.717, 1.165) is 5.69 Å². The Labute approximate surface area is 139 Å². The van der Waals surface area contributed by atoms with Gasteiger partial charge in [0.15, 0.2) is 0 Å². The summed E-state index contributed by atoms with van der Waals surface area (Å²) in [5.41, 5.74) is 1.42. The van der Waals surface area contributed by atoms with Gasteiger partial charge in [-0.3, -0.25) is 0 Å². The molecule has 0 saturated carbocycles. The van der Waals surface area contributed by atoms with E-state index in [2.05, 4.69) is 15.4 Å². The van der Waals surface area contributed by atoms with Gasteiger partial charge in [0.2, 0.25) is 10.0 Å². The fraction of sp³-hybridized carbons (Fsp3) is 0.357. The Kier molecular flexibility index (Phi) is 4.49. The van der Waals surface area contributed by atoms with E-state index in [0.29, 0.717) is 31.9 Å². The summed E-state index contributed by atoms with van der Waals surface area (Å²) in [5.74, 6) is 0. The Balaban J connectivity index is 1.63. The summed E-state index contributed by atoms with van der Waals surface area (Å²) in [7, 11) is -3.21. The predicted molar refractivity (Wildman–Crippen MR) is 88.4 cm³/mol. The van der Waals surface area contributed by atoms with Crippen LogP contribution in [0.25, 0.3) is 5.69 Å². The van der Waals surface area contributed by atoms with E-state index < -0.39 is 10.0 Å². The number of carbonyl (C=O) groups excluding carboxylic acids is 1. The van der Waals surface area contributed by atoms with Crippen LogP contribution in [-0.4, -0.2) is 70.9 Å². The summed E-state index contributed by atoms with van der Waals surface area (Å²) < 4.78 is 26.0. The smallest absolute Gasteiger partial charge is 0.321 e. The van der Waals surface area contributed by atoms with Crippen LogP contribution in [0.4, 0.5) is 10.5 Å². The van der Waals surface area contributed by atoms with E-state index in [1.807, 2.05) is 12.1 Å². The summed E-state index contributed by atoms with van der Waals surface area (Å²) in [6, 6.07) is 6.99. The number of aromatic nitrogens is 3. The van der Waals surface area contributed by atoms with Gasteiger partial charge in [0.1, 0.15) is 12.7 Å². The number of benzene rings is 1. The number of piperazine rings is 1. The molecule has 2 amide bonds.